The molecule has 0 saturated carbocycles. The van der Waals surface area contributed by atoms with Gasteiger partial charge in [-0.1, -0.05) is 30.3 Å². The van der Waals surface area contributed by atoms with Crippen LogP contribution in [-0.4, -0.2) is 73.2 Å². The molecular formula is C33H42FN5O6Si. The zero-order valence-corrected chi connectivity index (χ0v) is 27.8. The number of carbonyl (C=O) groups is 3. The lowest BCUT2D eigenvalue weighted by Crippen LogP contribution is -2.45. The number of benzene rings is 2. The number of para-hydroxylation sites is 1. The number of aromatic nitrogens is 3. The smallest absolute Gasteiger partial charge is 0.305 e. The molecular weight excluding hydrogens is 609 g/mol. The number of hydrogen-bond acceptors (Lipinski definition) is 8. The number of ether oxygens (including phenoxy) is 2. The number of unbranched alkanes of at least 4 members (excludes halogenated alkanes) is 1. The Morgan fingerprint density at radius 2 is 1.93 bits per heavy atom. The standard InChI is InChI=1S/C33H42FN5O6Si/c1-23-31(46(3,4)34)29(15-18-37-21-24(16-19-40)35-36-37)45-33(23)27-20-26(39(22-41)25-10-6-5-7-11-25)13-14-28(27)38(32(33)43)17-9-8-12-30(42)44-2/h5-7,10-11,13-14,20-23,29,31,40H,8-9,12,15-19H2,1-4H3/t23-,29+,31-,33+/m0/s1. The van der Waals surface area contributed by atoms with Gasteiger partial charge in [-0.2, -0.15) is 0 Å². The van der Waals surface area contributed by atoms with Gasteiger partial charge in [0.25, 0.3) is 5.91 Å². The Hall–Kier alpha value is -3.94. The lowest BCUT2D eigenvalue weighted by Gasteiger charge is -2.31. The molecule has 11 nitrogen and oxygen atoms in total. The molecule has 0 aliphatic carbocycles. The van der Waals surface area contributed by atoms with Crippen LogP contribution in [0.4, 0.5) is 21.2 Å². The summed E-state index contributed by atoms with van der Waals surface area (Å²) in [5.74, 6) is -1.08. The van der Waals surface area contributed by atoms with Gasteiger partial charge in [0.1, 0.15) is 0 Å². The highest BCUT2D eigenvalue weighted by molar-refractivity contribution is 6.72. The average Bonchev–Trinajstić information content (AvgIpc) is 3.68. The molecule has 0 bridgehead atoms. The number of aryl methyl sites for hydroxylation is 1. The van der Waals surface area contributed by atoms with Crippen LogP contribution in [0.25, 0.3) is 0 Å². The lowest BCUT2D eigenvalue weighted by atomic mass is 9.82. The molecule has 1 N–H and O–H groups in total. The molecule has 1 spiro atoms. The fourth-order valence-electron chi connectivity index (χ4n) is 7.11. The maximum Gasteiger partial charge on any atom is 0.305 e. The van der Waals surface area contributed by atoms with E-state index in [2.05, 4.69) is 10.3 Å². The first kappa shape index (κ1) is 33.4. The molecule has 2 aliphatic rings. The highest BCUT2D eigenvalue weighted by Crippen LogP contribution is 2.60. The van der Waals surface area contributed by atoms with Crippen LogP contribution < -0.4 is 9.80 Å². The van der Waals surface area contributed by atoms with Crippen molar-refractivity contribution >= 4 is 43.8 Å². The summed E-state index contributed by atoms with van der Waals surface area (Å²) in [6.45, 7) is 5.92. The maximum atomic E-state index is 16.3. The SMILES string of the molecule is COC(=O)CCCCN1C(=O)[C@]2(O[C@H](CCn3cc(CCO)nn3)[C@@H]([Si](C)(C)F)[C@@H]2C)c2cc(N(C=O)c3ccccc3)ccc21. The van der Waals surface area contributed by atoms with Crippen molar-refractivity contribution in [1.29, 1.82) is 0 Å². The number of carbonyl (C=O) groups excluding carboxylic acids is 3. The number of amides is 2. The summed E-state index contributed by atoms with van der Waals surface area (Å²) in [7, 11) is -2.05. The van der Waals surface area contributed by atoms with Crippen molar-refractivity contribution < 1.29 is 33.1 Å². The summed E-state index contributed by atoms with van der Waals surface area (Å²) in [6, 6.07) is 14.6. The van der Waals surface area contributed by atoms with Crippen LogP contribution >= 0.6 is 0 Å². The summed E-state index contributed by atoms with van der Waals surface area (Å²) in [6.07, 6.45) is 4.03. The third-order valence-corrected chi connectivity index (χ3v) is 11.7. The van der Waals surface area contributed by atoms with Gasteiger partial charge in [-0.25, -0.2) is 0 Å². The number of esters is 1. The molecule has 2 aromatic carbocycles. The minimum atomic E-state index is -3.40. The lowest BCUT2D eigenvalue weighted by molar-refractivity contribution is -0.146. The van der Waals surface area contributed by atoms with Gasteiger partial charge in [0.15, 0.2) is 5.60 Å². The van der Waals surface area contributed by atoms with Crippen LogP contribution in [0.15, 0.2) is 54.7 Å². The third kappa shape index (κ3) is 6.36. The summed E-state index contributed by atoms with van der Waals surface area (Å²) in [4.78, 5) is 41.9. The van der Waals surface area contributed by atoms with Crippen LogP contribution in [0.3, 0.4) is 0 Å². The predicted octanol–water partition coefficient (Wildman–Crippen LogP) is 4.66. The first-order chi connectivity index (χ1) is 22.0. The van der Waals surface area contributed by atoms with E-state index in [0.29, 0.717) is 67.1 Å². The number of methoxy groups -OCH3 is 1. The van der Waals surface area contributed by atoms with Crippen molar-refractivity contribution in [3.63, 3.8) is 0 Å². The van der Waals surface area contributed by atoms with Crippen LogP contribution in [-0.2, 0) is 42.4 Å². The van der Waals surface area contributed by atoms with E-state index in [0.717, 1.165) is 6.41 Å². The molecule has 1 saturated heterocycles. The van der Waals surface area contributed by atoms with Gasteiger partial charge in [-0.05, 0) is 62.7 Å². The van der Waals surface area contributed by atoms with E-state index < -0.39 is 31.6 Å². The molecule has 3 heterocycles. The van der Waals surface area contributed by atoms with Crippen molar-refractivity contribution in [3.05, 3.63) is 66.0 Å². The molecule has 3 aromatic rings. The van der Waals surface area contributed by atoms with Crippen LogP contribution in [0.2, 0.25) is 18.6 Å². The van der Waals surface area contributed by atoms with Gasteiger partial charge in [0.2, 0.25) is 14.8 Å². The largest absolute Gasteiger partial charge is 0.469 e. The molecule has 1 aromatic heterocycles. The van der Waals surface area contributed by atoms with Crippen molar-refractivity contribution in [1.82, 2.24) is 15.0 Å². The van der Waals surface area contributed by atoms with E-state index in [1.165, 1.54) is 12.0 Å². The molecule has 1 fully saturated rings. The summed E-state index contributed by atoms with van der Waals surface area (Å²) in [5.41, 5.74) is 1.17. The summed E-state index contributed by atoms with van der Waals surface area (Å²) in [5, 5.41) is 17.5. The minimum Gasteiger partial charge on any atom is -0.469 e. The van der Waals surface area contributed by atoms with E-state index in [1.807, 2.05) is 49.4 Å². The molecule has 0 unspecified atom stereocenters. The Bertz CT molecular complexity index is 1550. The number of hydrogen-bond donors (Lipinski definition) is 1. The van der Waals surface area contributed by atoms with Crippen molar-refractivity contribution in [2.75, 3.05) is 30.1 Å². The van der Waals surface area contributed by atoms with Crippen molar-refractivity contribution in [3.8, 4) is 0 Å². The Morgan fingerprint density at radius 1 is 1.17 bits per heavy atom. The topological polar surface area (TPSA) is 127 Å². The van der Waals surface area contributed by atoms with Gasteiger partial charge in [0.05, 0.1) is 24.6 Å². The van der Waals surface area contributed by atoms with Crippen LogP contribution in [0, 0.1) is 5.92 Å². The van der Waals surface area contributed by atoms with Gasteiger partial charge < -0.3 is 23.6 Å². The molecule has 246 valence electrons. The molecule has 0 radical (unpaired) electrons. The fourth-order valence-corrected chi connectivity index (χ4v) is 9.66. The first-order valence-corrected chi connectivity index (χ1v) is 18.7. The van der Waals surface area contributed by atoms with Crippen LogP contribution in [0.1, 0.15) is 43.9 Å². The third-order valence-electron chi connectivity index (χ3n) is 9.20. The Morgan fingerprint density at radius 3 is 2.61 bits per heavy atom. The van der Waals surface area contributed by atoms with Crippen molar-refractivity contribution in [2.24, 2.45) is 5.92 Å². The minimum absolute atomic E-state index is 0.0390. The quantitative estimate of drug-likeness (QED) is 0.0877. The van der Waals surface area contributed by atoms with E-state index in [1.54, 1.807) is 34.9 Å². The molecule has 2 aliphatic heterocycles. The maximum absolute atomic E-state index is 16.3. The predicted molar refractivity (Wildman–Crippen MR) is 173 cm³/mol. The second-order valence-electron chi connectivity index (χ2n) is 12.5. The summed E-state index contributed by atoms with van der Waals surface area (Å²) < 4.78 is 29.6. The fraction of sp³-hybridized carbons (Fsp3) is 0.485. The number of anilines is 3. The number of halogens is 1. The molecule has 13 heteroatoms. The Balaban J connectivity index is 1.53. The van der Waals surface area contributed by atoms with Gasteiger partial charge in [0, 0.05) is 67.1 Å². The second-order valence-corrected chi connectivity index (χ2v) is 16.3. The monoisotopic (exact) mass is 651 g/mol. The zero-order valence-electron chi connectivity index (χ0n) is 26.8. The van der Waals surface area contributed by atoms with Gasteiger partial charge in [-0.15, -0.1) is 5.10 Å². The summed E-state index contributed by atoms with van der Waals surface area (Å²) >= 11 is 0. The number of aliphatic hydroxyl groups excluding tert-OH is 1. The molecule has 46 heavy (non-hydrogen) atoms. The van der Waals surface area contributed by atoms with E-state index >= 15 is 4.11 Å². The van der Waals surface area contributed by atoms with Crippen molar-refractivity contribution in [2.45, 2.75) is 75.9 Å². The van der Waals surface area contributed by atoms with E-state index in [-0.39, 0.29) is 24.9 Å². The normalized spacial score (nSPS) is 22.3. The molecule has 5 rings (SSSR count). The Labute approximate surface area is 269 Å². The van der Waals surface area contributed by atoms with Gasteiger partial charge >= 0.3 is 5.97 Å². The zero-order chi connectivity index (χ0) is 33.1. The highest BCUT2D eigenvalue weighted by atomic mass is 28.4. The second kappa shape index (κ2) is 13.8. The Kier molecular flexibility index (Phi) is 10.0. The van der Waals surface area contributed by atoms with Gasteiger partial charge in [-0.3, -0.25) is 24.0 Å². The highest BCUT2D eigenvalue weighted by Gasteiger charge is 2.66. The average molecular weight is 652 g/mol. The van der Waals surface area contributed by atoms with E-state index in [4.69, 9.17) is 9.47 Å². The van der Waals surface area contributed by atoms with Crippen LogP contribution in [0.5, 0.6) is 0 Å². The number of aliphatic hydroxyl groups is 1. The number of fused-ring (bicyclic) bond motifs is 2. The van der Waals surface area contributed by atoms with E-state index in [9.17, 15) is 19.5 Å². The molecule has 4 atom stereocenters. The molecule has 2 amide bonds. The first-order valence-electron chi connectivity index (χ1n) is 15.7. The number of nitrogens with zero attached hydrogens (tertiary/aromatic N) is 5. The number of rotatable bonds is 14.